The minimum Gasteiger partial charge on any atom is -0.440 e. The monoisotopic (exact) mass is 234 g/mol. The van der Waals surface area contributed by atoms with Crippen molar-refractivity contribution in [3.8, 4) is 0 Å². The molecule has 0 unspecified atom stereocenters. The highest BCUT2D eigenvalue weighted by Crippen LogP contribution is 2.15. The van der Waals surface area contributed by atoms with E-state index in [1.807, 2.05) is 0 Å². The Morgan fingerprint density at radius 3 is 2.81 bits per heavy atom. The van der Waals surface area contributed by atoms with Crippen molar-refractivity contribution in [1.29, 1.82) is 0 Å². The molecule has 0 saturated heterocycles. The Balaban J connectivity index is 2.46. The zero-order valence-electron chi connectivity index (χ0n) is 8.34. The van der Waals surface area contributed by atoms with Gasteiger partial charge >= 0.3 is 12.3 Å². The lowest BCUT2D eigenvalue weighted by molar-refractivity contribution is -0.159. The largest absolute Gasteiger partial charge is 0.440 e. The van der Waals surface area contributed by atoms with Gasteiger partial charge in [0, 0.05) is 6.20 Å². The number of pyridine rings is 1. The van der Waals surface area contributed by atoms with Gasteiger partial charge in [0.2, 0.25) is 0 Å². The van der Waals surface area contributed by atoms with E-state index in [2.05, 4.69) is 15.0 Å². The first-order valence-corrected chi connectivity index (χ1v) is 4.30. The topological polar surface area (TPSA) is 51.2 Å². The number of aromatic nitrogens is 1. The summed E-state index contributed by atoms with van der Waals surface area (Å²) < 4.78 is 39.0. The first-order valence-electron chi connectivity index (χ1n) is 4.30. The molecular weight excluding hydrogens is 225 g/mol. The molecule has 0 atom stereocenters. The van der Waals surface area contributed by atoms with Gasteiger partial charge in [0.1, 0.15) is 5.82 Å². The van der Waals surface area contributed by atoms with Gasteiger partial charge in [-0.15, -0.1) is 0 Å². The van der Waals surface area contributed by atoms with Crippen LogP contribution in [0.15, 0.2) is 18.3 Å². The summed E-state index contributed by atoms with van der Waals surface area (Å²) in [6.07, 6.45) is -4.29. The van der Waals surface area contributed by atoms with Gasteiger partial charge in [0.15, 0.2) is 6.61 Å². The number of amides is 1. The SMILES string of the molecule is Cc1ccnc(NC(=O)OCC(F)(F)F)c1. The first-order chi connectivity index (χ1) is 7.37. The number of nitrogens with one attached hydrogen (secondary N) is 1. The molecule has 0 bridgehead atoms. The van der Waals surface area contributed by atoms with Crippen LogP contribution in [0, 0.1) is 6.92 Å². The smallest absolute Gasteiger partial charge is 0.422 e. The Hall–Kier alpha value is -1.79. The molecule has 1 N–H and O–H groups in total. The molecule has 16 heavy (non-hydrogen) atoms. The van der Waals surface area contributed by atoms with Crippen LogP contribution in [0.5, 0.6) is 0 Å². The van der Waals surface area contributed by atoms with E-state index in [0.29, 0.717) is 0 Å². The van der Waals surface area contributed by atoms with E-state index in [-0.39, 0.29) is 5.82 Å². The van der Waals surface area contributed by atoms with Crippen molar-refractivity contribution in [3.05, 3.63) is 23.9 Å². The summed E-state index contributed by atoms with van der Waals surface area (Å²) in [4.78, 5) is 14.6. The molecule has 0 saturated carbocycles. The summed E-state index contributed by atoms with van der Waals surface area (Å²) in [6, 6.07) is 3.20. The van der Waals surface area contributed by atoms with Crippen LogP contribution in [-0.4, -0.2) is 23.9 Å². The third-order valence-electron chi connectivity index (χ3n) is 1.51. The second-order valence-electron chi connectivity index (χ2n) is 3.03. The molecule has 1 heterocycles. The Morgan fingerprint density at radius 2 is 2.25 bits per heavy atom. The molecule has 0 aliphatic heterocycles. The molecule has 7 heteroatoms. The Labute approximate surface area is 89.4 Å². The lowest BCUT2D eigenvalue weighted by Crippen LogP contribution is -2.23. The summed E-state index contributed by atoms with van der Waals surface area (Å²) >= 11 is 0. The lowest BCUT2D eigenvalue weighted by atomic mass is 10.3. The minimum absolute atomic E-state index is 0.146. The number of carbonyl (C=O) groups is 1. The van der Waals surface area contributed by atoms with Gasteiger partial charge in [-0.05, 0) is 24.6 Å². The summed E-state index contributed by atoms with van der Waals surface area (Å²) in [5.74, 6) is 0.146. The lowest BCUT2D eigenvalue weighted by Gasteiger charge is -2.08. The van der Waals surface area contributed by atoms with E-state index < -0.39 is 18.9 Å². The fourth-order valence-corrected chi connectivity index (χ4v) is 0.893. The van der Waals surface area contributed by atoms with Crippen LogP contribution in [0.3, 0.4) is 0 Å². The van der Waals surface area contributed by atoms with Crippen LogP contribution in [0.2, 0.25) is 0 Å². The van der Waals surface area contributed by atoms with Gasteiger partial charge in [-0.1, -0.05) is 0 Å². The molecule has 1 aromatic rings. The number of carbonyl (C=O) groups excluding carboxylic acids is 1. The van der Waals surface area contributed by atoms with Crippen molar-refractivity contribution in [2.45, 2.75) is 13.1 Å². The van der Waals surface area contributed by atoms with Crippen LogP contribution >= 0.6 is 0 Å². The summed E-state index contributed by atoms with van der Waals surface area (Å²) in [6.45, 7) is 0.137. The second kappa shape index (κ2) is 4.82. The van der Waals surface area contributed by atoms with Crippen molar-refractivity contribution in [1.82, 2.24) is 4.98 Å². The van der Waals surface area contributed by atoms with E-state index in [0.717, 1.165) is 5.56 Å². The van der Waals surface area contributed by atoms with Gasteiger partial charge in [0.25, 0.3) is 0 Å². The standard InChI is InChI=1S/C9H9F3N2O2/c1-6-2-3-13-7(4-6)14-8(15)16-5-9(10,11)12/h2-4H,5H2,1H3,(H,13,14,15). The maximum absolute atomic E-state index is 11.7. The first kappa shape index (κ1) is 12.3. The normalized spacial score (nSPS) is 11.0. The predicted octanol–water partition coefficient (Wildman–Crippen LogP) is 2.50. The fourth-order valence-electron chi connectivity index (χ4n) is 0.893. The third-order valence-corrected chi connectivity index (χ3v) is 1.51. The van der Waals surface area contributed by atoms with Gasteiger partial charge in [0.05, 0.1) is 0 Å². The van der Waals surface area contributed by atoms with Crippen molar-refractivity contribution in [2.75, 3.05) is 11.9 Å². The number of hydrogen-bond acceptors (Lipinski definition) is 3. The third kappa shape index (κ3) is 4.63. The Bertz CT molecular complexity index is 379. The number of anilines is 1. The zero-order valence-corrected chi connectivity index (χ0v) is 8.34. The van der Waals surface area contributed by atoms with Crippen LogP contribution < -0.4 is 5.32 Å². The van der Waals surface area contributed by atoms with Crippen molar-refractivity contribution in [2.24, 2.45) is 0 Å². The average Bonchev–Trinajstić information content (AvgIpc) is 2.14. The number of hydrogen-bond donors (Lipinski definition) is 1. The number of alkyl halides is 3. The summed E-state index contributed by atoms with van der Waals surface area (Å²) in [5.41, 5.74) is 0.820. The molecule has 0 fully saturated rings. The summed E-state index contributed by atoms with van der Waals surface area (Å²) in [7, 11) is 0. The van der Waals surface area contributed by atoms with Gasteiger partial charge < -0.3 is 4.74 Å². The van der Waals surface area contributed by atoms with E-state index >= 15 is 0 Å². The molecule has 0 radical (unpaired) electrons. The Kier molecular flexibility index (Phi) is 3.70. The molecular formula is C9H9F3N2O2. The van der Waals surface area contributed by atoms with E-state index in [1.165, 1.54) is 12.3 Å². The molecule has 1 rings (SSSR count). The molecule has 0 aliphatic carbocycles. The van der Waals surface area contributed by atoms with E-state index in [9.17, 15) is 18.0 Å². The molecule has 0 spiro atoms. The highest BCUT2D eigenvalue weighted by atomic mass is 19.4. The summed E-state index contributed by atoms with van der Waals surface area (Å²) in [5, 5.41) is 2.08. The van der Waals surface area contributed by atoms with Crippen molar-refractivity contribution in [3.63, 3.8) is 0 Å². The number of halogens is 3. The molecule has 88 valence electrons. The fraction of sp³-hybridized carbons (Fsp3) is 0.333. The van der Waals surface area contributed by atoms with E-state index in [4.69, 9.17) is 0 Å². The van der Waals surface area contributed by atoms with Crippen LogP contribution in [0.4, 0.5) is 23.8 Å². The number of nitrogens with zero attached hydrogens (tertiary/aromatic N) is 1. The maximum Gasteiger partial charge on any atom is 0.422 e. The molecule has 1 amide bonds. The quantitative estimate of drug-likeness (QED) is 0.855. The number of aryl methyl sites for hydroxylation is 1. The Morgan fingerprint density at radius 1 is 1.56 bits per heavy atom. The molecule has 4 nitrogen and oxygen atoms in total. The zero-order chi connectivity index (χ0) is 12.2. The van der Waals surface area contributed by atoms with Gasteiger partial charge in [-0.2, -0.15) is 13.2 Å². The van der Waals surface area contributed by atoms with Crippen molar-refractivity contribution < 1.29 is 22.7 Å². The molecule has 0 aliphatic rings. The van der Waals surface area contributed by atoms with E-state index in [1.54, 1.807) is 13.0 Å². The molecule has 1 aromatic heterocycles. The highest BCUT2D eigenvalue weighted by Gasteiger charge is 2.29. The van der Waals surface area contributed by atoms with Crippen LogP contribution in [0.1, 0.15) is 5.56 Å². The average molecular weight is 234 g/mol. The maximum atomic E-state index is 11.7. The van der Waals surface area contributed by atoms with Crippen LogP contribution in [-0.2, 0) is 4.74 Å². The predicted molar refractivity (Wildman–Crippen MR) is 50.0 cm³/mol. The van der Waals surface area contributed by atoms with Crippen LogP contribution in [0.25, 0.3) is 0 Å². The minimum atomic E-state index is -4.53. The number of ether oxygens (including phenoxy) is 1. The number of rotatable bonds is 2. The van der Waals surface area contributed by atoms with Gasteiger partial charge in [-0.3, -0.25) is 5.32 Å². The van der Waals surface area contributed by atoms with Gasteiger partial charge in [-0.25, -0.2) is 9.78 Å². The van der Waals surface area contributed by atoms with Crippen molar-refractivity contribution >= 4 is 11.9 Å². The second-order valence-corrected chi connectivity index (χ2v) is 3.03. The highest BCUT2D eigenvalue weighted by molar-refractivity contribution is 5.83. The molecule has 0 aromatic carbocycles.